The first kappa shape index (κ1) is 21.3. The number of hydrogen-bond acceptors (Lipinski definition) is 4. The largest absolute Gasteiger partial charge is 0.369 e. The zero-order valence-electron chi connectivity index (χ0n) is 18.8. The highest BCUT2D eigenvalue weighted by Gasteiger charge is 2.17. The van der Waals surface area contributed by atoms with Gasteiger partial charge in [-0.1, -0.05) is 23.8 Å². The van der Waals surface area contributed by atoms with E-state index in [1.807, 2.05) is 19.1 Å². The minimum absolute atomic E-state index is 0.0299. The van der Waals surface area contributed by atoms with Crippen LogP contribution in [0, 0.1) is 20.8 Å². The van der Waals surface area contributed by atoms with Crippen LogP contribution in [0.25, 0.3) is 10.9 Å². The Kier molecular flexibility index (Phi) is 6.52. The van der Waals surface area contributed by atoms with Crippen molar-refractivity contribution in [2.75, 3.05) is 44.2 Å². The van der Waals surface area contributed by atoms with Crippen molar-refractivity contribution < 1.29 is 4.79 Å². The van der Waals surface area contributed by atoms with Crippen LogP contribution in [0.4, 0.5) is 5.69 Å². The molecule has 1 aliphatic heterocycles. The molecule has 2 heterocycles. The van der Waals surface area contributed by atoms with Gasteiger partial charge >= 0.3 is 0 Å². The number of fused-ring (bicyclic) bond motifs is 1. The van der Waals surface area contributed by atoms with Gasteiger partial charge in [-0.3, -0.25) is 14.7 Å². The summed E-state index contributed by atoms with van der Waals surface area (Å²) in [7, 11) is 0. The molecule has 5 heteroatoms. The Morgan fingerprint density at radius 3 is 2.52 bits per heavy atom. The zero-order chi connectivity index (χ0) is 21.8. The molecule has 1 amide bonds. The van der Waals surface area contributed by atoms with E-state index in [1.54, 1.807) is 0 Å². The number of nitrogens with one attached hydrogen (secondary N) is 1. The minimum Gasteiger partial charge on any atom is -0.369 e. The molecule has 162 valence electrons. The highest BCUT2D eigenvalue weighted by Crippen LogP contribution is 2.19. The smallest absolute Gasteiger partial charge is 0.253 e. The summed E-state index contributed by atoms with van der Waals surface area (Å²) in [6, 6.07) is 16.8. The third-order valence-corrected chi connectivity index (χ3v) is 6.08. The van der Waals surface area contributed by atoms with Gasteiger partial charge in [0.05, 0.1) is 16.8 Å². The first-order chi connectivity index (χ1) is 15.0. The van der Waals surface area contributed by atoms with Crippen molar-refractivity contribution in [3.63, 3.8) is 0 Å². The summed E-state index contributed by atoms with van der Waals surface area (Å²) in [5.74, 6) is -0.0299. The van der Waals surface area contributed by atoms with E-state index < -0.39 is 0 Å². The molecule has 1 saturated heterocycles. The molecule has 0 radical (unpaired) electrons. The molecule has 31 heavy (non-hydrogen) atoms. The van der Waals surface area contributed by atoms with Gasteiger partial charge < -0.3 is 10.2 Å². The minimum atomic E-state index is -0.0299. The molecule has 4 rings (SSSR count). The van der Waals surface area contributed by atoms with Gasteiger partial charge in [-0.15, -0.1) is 0 Å². The fraction of sp³-hybridized carbons (Fsp3) is 0.385. The Hall–Kier alpha value is -2.92. The number of nitrogens with zero attached hydrogens (tertiary/aromatic N) is 3. The first-order valence-electron chi connectivity index (χ1n) is 11.2. The van der Waals surface area contributed by atoms with Gasteiger partial charge in [-0.2, -0.15) is 0 Å². The van der Waals surface area contributed by atoms with E-state index in [1.165, 1.54) is 16.8 Å². The maximum Gasteiger partial charge on any atom is 0.253 e. The second-order valence-corrected chi connectivity index (χ2v) is 8.59. The van der Waals surface area contributed by atoms with Gasteiger partial charge in [-0.05, 0) is 69.6 Å². The van der Waals surface area contributed by atoms with Crippen LogP contribution >= 0.6 is 0 Å². The quantitative estimate of drug-likeness (QED) is 0.615. The zero-order valence-corrected chi connectivity index (χ0v) is 18.8. The van der Waals surface area contributed by atoms with Crippen LogP contribution < -0.4 is 10.2 Å². The Labute approximate surface area is 185 Å². The van der Waals surface area contributed by atoms with Gasteiger partial charge in [0, 0.05) is 43.8 Å². The molecule has 1 aromatic heterocycles. The number of rotatable bonds is 6. The van der Waals surface area contributed by atoms with Crippen LogP contribution in [0.15, 0.2) is 48.5 Å². The summed E-state index contributed by atoms with van der Waals surface area (Å²) in [6.07, 6.45) is 0.954. The molecular formula is C26H32N4O. The summed E-state index contributed by atoms with van der Waals surface area (Å²) >= 11 is 0. The van der Waals surface area contributed by atoms with Gasteiger partial charge in [0.25, 0.3) is 5.91 Å². The van der Waals surface area contributed by atoms with E-state index in [9.17, 15) is 4.79 Å². The van der Waals surface area contributed by atoms with Crippen molar-refractivity contribution >= 4 is 22.5 Å². The van der Waals surface area contributed by atoms with Crippen molar-refractivity contribution in [2.45, 2.75) is 27.2 Å². The summed E-state index contributed by atoms with van der Waals surface area (Å²) in [5, 5.41) is 4.10. The van der Waals surface area contributed by atoms with Crippen molar-refractivity contribution in [1.82, 2.24) is 15.2 Å². The van der Waals surface area contributed by atoms with Crippen LogP contribution in [0.3, 0.4) is 0 Å². The number of piperazine rings is 1. The number of aromatic nitrogens is 1. The van der Waals surface area contributed by atoms with E-state index in [2.05, 4.69) is 70.3 Å². The topological polar surface area (TPSA) is 48.5 Å². The average molecular weight is 417 g/mol. The third-order valence-electron chi connectivity index (χ3n) is 6.08. The van der Waals surface area contributed by atoms with Crippen LogP contribution in [-0.2, 0) is 0 Å². The maximum atomic E-state index is 12.7. The lowest BCUT2D eigenvalue weighted by Crippen LogP contribution is -2.47. The number of benzene rings is 2. The second-order valence-electron chi connectivity index (χ2n) is 8.59. The SMILES string of the molecule is Cc1cccc(N2CCN(CCCNC(=O)c3cc4cc(C)ccc4nc3C)CC2)c1. The van der Waals surface area contributed by atoms with Gasteiger partial charge in [0.2, 0.25) is 0 Å². The molecule has 0 unspecified atom stereocenters. The van der Waals surface area contributed by atoms with Crippen LogP contribution in [0.5, 0.6) is 0 Å². The lowest BCUT2D eigenvalue weighted by molar-refractivity contribution is 0.0950. The van der Waals surface area contributed by atoms with E-state index in [0.29, 0.717) is 12.1 Å². The number of carbonyl (C=O) groups is 1. The van der Waals surface area contributed by atoms with Crippen molar-refractivity contribution in [3.05, 3.63) is 70.9 Å². The van der Waals surface area contributed by atoms with Gasteiger partial charge in [0.1, 0.15) is 0 Å². The lowest BCUT2D eigenvalue weighted by Gasteiger charge is -2.36. The number of aryl methyl sites for hydroxylation is 3. The molecule has 0 saturated carbocycles. The highest BCUT2D eigenvalue weighted by atomic mass is 16.1. The van der Waals surface area contributed by atoms with Crippen LogP contribution in [-0.4, -0.2) is 55.1 Å². The standard InChI is InChI=1S/C26H32N4O/c1-19-6-4-7-23(17-19)30-14-12-29(13-15-30)11-5-10-27-26(31)24-18-22-16-20(2)8-9-25(22)28-21(24)3/h4,6-9,16-18H,5,10-15H2,1-3H3,(H,27,31). The van der Waals surface area contributed by atoms with Crippen LogP contribution in [0.1, 0.15) is 33.6 Å². The van der Waals surface area contributed by atoms with E-state index in [0.717, 1.165) is 55.7 Å². The Bertz CT molecular complexity index is 1070. The third kappa shape index (κ3) is 5.23. The summed E-state index contributed by atoms with van der Waals surface area (Å²) in [5.41, 5.74) is 6.19. The molecule has 0 aliphatic carbocycles. The van der Waals surface area contributed by atoms with E-state index in [4.69, 9.17) is 0 Å². The summed E-state index contributed by atoms with van der Waals surface area (Å²) < 4.78 is 0. The molecule has 1 N–H and O–H groups in total. The molecule has 1 aliphatic rings. The first-order valence-corrected chi connectivity index (χ1v) is 11.2. The maximum absolute atomic E-state index is 12.7. The number of pyridine rings is 1. The number of anilines is 1. The monoisotopic (exact) mass is 416 g/mol. The molecule has 0 atom stereocenters. The highest BCUT2D eigenvalue weighted by molar-refractivity contribution is 5.98. The molecule has 2 aromatic carbocycles. The molecular weight excluding hydrogens is 384 g/mol. The number of hydrogen-bond donors (Lipinski definition) is 1. The summed E-state index contributed by atoms with van der Waals surface area (Å²) in [6.45, 7) is 12.0. The molecule has 1 fully saturated rings. The Balaban J connectivity index is 1.24. The Morgan fingerprint density at radius 1 is 0.968 bits per heavy atom. The Morgan fingerprint density at radius 2 is 1.74 bits per heavy atom. The molecule has 5 nitrogen and oxygen atoms in total. The number of amides is 1. The molecule has 0 spiro atoms. The van der Waals surface area contributed by atoms with Crippen LogP contribution in [0.2, 0.25) is 0 Å². The van der Waals surface area contributed by atoms with E-state index in [-0.39, 0.29) is 5.91 Å². The molecule has 3 aromatic rings. The lowest BCUT2D eigenvalue weighted by atomic mass is 10.1. The fourth-order valence-electron chi connectivity index (χ4n) is 4.28. The predicted octanol–water partition coefficient (Wildman–Crippen LogP) is 4.10. The average Bonchev–Trinajstić information content (AvgIpc) is 2.77. The van der Waals surface area contributed by atoms with E-state index >= 15 is 0 Å². The fourth-order valence-corrected chi connectivity index (χ4v) is 4.28. The van der Waals surface area contributed by atoms with Crippen molar-refractivity contribution in [1.29, 1.82) is 0 Å². The van der Waals surface area contributed by atoms with Gasteiger partial charge in [-0.25, -0.2) is 0 Å². The molecule has 0 bridgehead atoms. The number of carbonyl (C=O) groups excluding carboxylic acids is 1. The van der Waals surface area contributed by atoms with Crippen molar-refractivity contribution in [3.8, 4) is 0 Å². The normalized spacial score (nSPS) is 14.7. The second kappa shape index (κ2) is 9.48. The summed E-state index contributed by atoms with van der Waals surface area (Å²) in [4.78, 5) is 22.3. The van der Waals surface area contributed by atoms with Gasteiger partial charge in [0.15, 0.2) is 0 Å². The van der Waals surface area contributed by atoms with Crippen molar-refractivity contribution in [2.24, 2.45) is 0 Å². The predicted molar refractivity (Wildman–Crippen MR) is 128 cm³/mol.